The lowest BCUT2D eigenvalue weighted by atomic mass is 10.1. The first kappa shape index (κ1) is 16.6. The van der Waals surface area contributed by atoms with Gasteiger partial charge in [0.1, 0.15) is 5.75 Å². The summed E-state index contributed by atoms with van der Waals surface area (Å²) < 4.78 is 14.0. The van der Waals surface area contributed by atoms with Crippen LogP contribution in [0.2, 0.25) is 0 Å². The van der Waals surface area contributed by atoms with Crippen molar-refractivity contribution in [1.82, 2.24) is 0 Å². The molecule has 0 fully saturated rings. The Balaban J connectivity index is 0.00000225. The molecule has 0 aliphatic carbocycles. The highest BCUT2D eigenvalue weighted by Gasteiger charge is 2.18. The van der Waals surface area contributed by atoms with Crippen molar-refractivity contribution >= 4 is 60.2 Å². The molecule has 0 aliphatic rings. The maximum absolute atomic E-state index is 12.2. The Kier molecular flexibility index (Phi) is 7.44. The maximum Gasteiger partial charge on any atom is 0.144 e. The third-order valence-corrected chi connectivity index (χ3v) is 4.04. The van der Waals surface area contributed by atoms with Crippen LogP contribution in [0.15, 0.2) is 19.5 Å². The Labute approximate surface area is 125 Å². The largest absolute Gasteiger partial charge is 0.506 e. The molecule has 1 aromatic carbocycles. The van der Waals surface area contributed by atoms with Crippen LogP contribution in [-0.2, 0) is 0 Å². The van der Waals surface area contributed by atoms with Gasteiger partial charge in [0.2, 0.25) is 0 Å². The molecule has 2 nitrogen and oxygen atoms in total. The van der Waals surface area contributed by atoms with Gasteiger partial charge in [0.05, 0.1) is 15.6 Å². The number of nitrogens with two attached hydrogens (primary N) is 1. The molecule has 0 heterocycles. The molecule has 0 spiro atoms. The van der Waals surface area contributed by atoms with E-state index in [0.717, 1.165) is 4.47 Å². The molecular weight excluding hydrogens is 432 g/mol. The normalized spacial score (nSPS) is 12.1. The van der Waals surface area contributed by atoms with Gasteiger partial charge in [0, 0.05) is 16.1 Å². The van der Waals surface area contributed by atoms with Crippen LogP contribution in [0.3, 0.4) is 0 Å². The summed E-state index contributed by atoms with van der Waals surface area (Å²) >= 11 is 9.76. The Morgan fingerprint density at radius 2 is 1.88 bits per heavy atom. The molecule has 92 valence electrons. The number of hydrogen-bond acceptors (Lipinski definition) is 2. The number of alkyl halides is 1. The monoisotopic (exact) mass is 439 g/mol. The SMILES string of the molecule is Cl.N[C@@H](CCF)c1c(Br)cc(Br)c(O)c1Br. The highest BCUT2D eigenvalue weighted by Crippen LogP contribution is 2.42. The highest BCUT2D eigenvalue weighted by atomic mass is 79.9. The molecule has 0 aromatic heterocycles. The predicted molar refractivity (Wildman–Crippen MR) is 76.0 cm³/mol. The second kappa shape index (κ2) is 7.16. The summed E-state index contributed by atoms with van der Waals surface area (Å²) in [5.41, 5.74) is 6.47. The van der Waals surface area contributed by atoms with E-state index in [-0.39, 0.29) is 24.6 Å². The van der Waals surface area contributed by atoms with Gasteiger partial charge in [-0.25, -0.2) is 0 Å². The van der Waals surface area contributed by atoms with Crippen molar-refractivity contribution in [1.29, 1.82) is 0 Å². The molecule has 7 heteroatoms. The van der Waals surface area contributed by atoms with Crippen molar-refractivity contribution in [2.45, 2.75) is 12.5 Å². The van der Waals surface area contributed by atoms with E-state index in [9.17, 15) is 9.50 Å². The van der Waals surface area contributed by atoms with Crippen LogP contribution in [0, 0.1) is 0 Å². The van der Waals surface area contributed by atoms with E-state index in [1.165, 1.54) is 0 Å². The quantitative estimate of drug-likeness (QED) is 0.726. The van der Waals surface area contributed by atoms with Gasteiger partial charge in [-0.05, 0) is 44.3 Å². The number of phenolic OH excluding ortho intramolecular Hbond substituents is 1. The van der Waals surface area contributed by atoms with Crippen molar-refractivity contribution in [3.05, 3.63) is 25.0 Å². The summed E-state index contributed by atoms with van der Waals surface area (Å²) in [7, 11) is 0. The summed E-state index contributed by atoms with van der Waals surface area (Å²) in [6.07, 6.45) is 0.221. The molecule has 3 N–H and O–H groups in total. The van der Waals surface area contributed by atoms with Gasteiger partial charge in [-0.1, -0.05) is 15.9 Å². The van der Waals surface area contributed by atoms with Crippen LogP contribution in [0.1, 0.15) is 18.0 Å². The van der Waals surface area contributed by atoms with Crippen LogP contribution < -0.4 is 5.73 Å². The first-order chi connectivity index (χ1) is 6.99. The lowest BCUT2D eigenvalue weighted by Gasteiger charge is -2.16. The van der Waals surface area contributed by atoms with Gasteiger partial charge < -0.3 is 10.8 Å². The number of benzene rings is 1. The summed E-state index contributed by atoms with van der Waals surface area (Å²) in [5, 5.41) is 9.66. The van der Waals surface area contributed by atoms with Crippen LogP contribution in [0.5, 0.6) is 5.75 Å². The summed E-state index contributed by atoms with van der Waals surface area (Å²) in [4.78, 5) is 0. The topological polar surface area (TPSA) is 46.2 Å². The van der Waals surface area contributed by atoms with E-state index in [2.05, 4.69) is 47.8 Å². The van der Waals surface area contributed by atoms with Gasteiger partial charge in [-0.3, -0.25) is 4.39 Å². The molecule has 0 saturated carbocycles. The van der Waals surface area contributed by atoms with E-state index >= 15 is 0 Å². The van der Waals surface area contributed by atoms with E-state index in [1.807, 2.05) is 0 Å². The Hall–Kier alpha value is 0.640. The lowest BCUT2D eigenvalue weighted by molar-refractivity contribution is 0.436. The molecule has 16 heavy (non-hydrogen) atoms. The highest BCUT2D eigenvalue weighted by molar-refractivity contribution is 9.11. The maximum atomic E-state index is 12.2. The molecule has 0 amide bonds. The molecule has 1 atom stereocenters. The molecule has 0 bridgehead atoms. The van der Waals surface area contributed by atoms with E-state index in [4.69, 9.17) is 5.73 Å². The average Bonchev–Trinajstić information content (AvgIpc) is 2.15. The van der Waals surface area contributed by atoms with Crippen LogP contribution in [-0.4, -0.2) is 11.8 Å². The minimum atomic E-state index is -0.489. The number of halogens is 5. The van der Waals surface area contributed by atoms with Gasteiger partial charge in [-0.15, -0.1) is 12.4 Å². The molecule has 0 unspecified atom stereocenters. The van der Waals surface area contributed by atoms with Crippen molar-refractivity contribution in [3.63, 3.8) is 0 Å². The van der Waals surface area contributed by atoms with Crippen molar-refractivity contribution in [2.75, 3.05) is 6.67 Å². The second-order valence-electron chi connectivity index (χ2n) is 3.00. The Morgan fingerprint density at radius 3 is 2.38 bits per heavy atom. The Morgan fingerprint density at radius 1 is 1.31 bits per heavy atom. The minimum absolute atomic E-state index is 0. The number of aromatic hydroxyl groups is 1. The van der Waals surface area contributed by atoms with Crippen LogP contribution >= 0.6 is 60.2 Å². The first-order valence-corrected chi connectivity index (χ1v) is 6.54. The fourth-order valence-corrected chi connectivity index (χ4v) is 3.91. The number of hydrogen-bond donors (Lipinski definition) is 2. The zero-order valence-electron chi connectivity index (χ0n) is 8.01. The fourth-order valence-electron chi connectivity index (χ4n) is 1.20. The van der Waals surface area contributed by atoms with E-state index < -0.39 is 12.7 Å². The van der Waals surface area contributed by atoms with E-state index in [1.54, 1.807) is 6.07 Å². The van der Waals surface area contributed by atoms with Crippen molar-refractivity contribution < 1.29 is 9.50 Å². The average molecular weight is 442 g/mol. The molecule has 0 saturated heterocycles. The first-order valence-electron chi connectivity index (χ1n) is 4.17. The summed E-state index contributed by atoms with van der Waals surface area (Å²) in [5.74, 6) is 0.0718. The third-order valence-electron chi connectivity index (χ3n) is 1.97. The van der Waals surface area contributed by atoms with Crippen molar-refractivity contribution in [3.8, 4) is 5.75 Å². The second-order valence-corrected chi connectivity index (χ2v) is 5.50. The van der Waals surface area contributed by atoms with Crippen LogP contribution in [0.4, 0.5) is 4.39 Å². The van der Waals surface area contributed by atoms with Gasteiger partial charge >= 0.3 is 0 Å². The number of phenols is 1. The number of rotatable bonds is 3. The molecule has 0 radical (unpaired) electrons. The molecule has 1 aromatic rings. The summed E-state index contributed by atoms with van der Waals surface area (Å²) in [6, 6.07) is 1.24. The Bertz CT molecular complexity index is 378. The molecule has 1 rings (SSSR count). The summed E-state index contributed by atoms with van der Waals surface area (Å²) in [6.45, 7) is -0.489. The standard InChI is InChI=1S/C9H9Br3FNO.ClH/c10-4-3-5(11)9(15)8(12)7(4)6(14)1-2-13;/h3,6,15H,1-2,14H2;1H/t6-;/m0./s1. The van der Waals surface area contributed by atoms with Gasteiger partial charge in [-0.2, -0.15) is 0 Å². The van der Waals surface area contributed by atoms with Gasteiger partial charge in [0.15, 0.2) is 0 Å². The predicted octanol–water partition coefficient (Wildman–Crippen LogP) is 4.46. The molecular formula is C9H10Br3ClFNO. The lowest BCUT2D eigenvalue weighted by Crippen LogP contribution is -2.12. The van der Waals surface area contributed by atoms with E-state index in [0.29, 0.717) is 14.5 Å². The minimum Gasteiger partial charge on any atom is -0.506 e. The molecule has 0 aliphatic heterocycles. The van der Waals surface area contributed by atoms with Crippen LogP contribution in [0.25, 0.3) is 0 Å². The smallest absolute Gasteiger partial charge is 0.144 e. The zero-order valence-corrected chi connectivity index (χ0v) is 13.6. The van der Waals surface area contributed by atoms with Gasteiger partial charge in [0.25, 0.3) is 0 Å². The zero-order chi connectivity index (χ0) is 11.6. The fraction of sp³-hybridized carbons (Fsp3) is 0.333. The van der Waals surface area contributed by atoms with Crippen molar-refractivity contribution in [2.24, 2.45) is 5.73 Å². The third kappa shape index (κ3) is 3.57.